The van der Waals surface area contributed by atoms with E-state index < -0.39 is 0 Å². The van der Waals surface area contributed by atoms with Crippen molar-refractivity contribution < 1.29 is 9.63 Å². The van der Waals surface area contributed by atoms with E-state index in [4.69, 9.17) is 4.84 Å². The van der Waals surface area contributed by atoms with Crippen LogP contribution in [0.2, 0.25) is 0 Å². The quantitative estimate of drug-likeness (QED) is 0.294. The lowest BCUT2D eigenvalue weighted by atomic mass is 10.2. The zero-order valence-electron chi connectivity index (χ0n) is 13.8. The van der Waals surface area contributed by atoms with E-state index in [1.165, 1.54) is 23.6 Å². The van der Waals surface area contributed by atoms with E-state index in [1.54, 1.807) is 0 Å². The molecule has 0 spiro atoms. The van der Waals surface area contributed by atoms with Crippen LogP contribution in [0.1, 0.15) is 20.9 Å². The van der Waals surface area contributed by atoms with Crippen molar-refractivity contribution in [2.45, 2.75) is 13.5 Å². The molecule has 1 aromatic heterocycles. The molecule has 1 N–H and O–H groups in total. The first-order chi connectivity index (χ1) is 12.2. The minimum atomic E-state index is -0.0898. The number of hydroxylamine groups is 1. The van der Waals surface area contributed by atoms with Gasteiger partial charge in [-0.05, 0) is 12.5 Å². The van der Waals surface area contributed by atoms with E-state index in [0.717, 1.165) is 21.8 Å². The second-order valence-electron chi connectivity index (χ2n) is 5.39. The number of nitrogens with zero attached hydrogens (tertiary/aromatic N) is 1. The first-order valence-electron chi connectivity index (χ1n) is 7.89. The summed E-state index contributed by atoms with van der Waals surface area (Å²) in [5.74, 6) is -0.0898. The fourth-order valence-electron chi connectivity index (χ4n) is 2.26. The van der Waals surface area contributed by atoms with Gasteiger partial charge in [-0.15, -0.1) is 11.3 Å². The topological polar surface area (TPSA) is 51.2 Å². The zero-order chi connectivity index (χ0) is 17.5. The maximum absolute atomic E-state index is 12.3. The molecule has 0 unspecified atom stereocenters. The fraction of sp³-hybridized carbons (Fsp3) is 0.100. The third-order valence-electron chi connectivity index (χ3n) is 3.51. The van der Waals surface area contributed by atoms with Crippen LogP contribution in [0.3, 0.4) is 0 Å². The Hall–Kier alpha value is -2.76. The van der Waals surface area contributed by atoms with Gasteiger partial charge in [-0.2, -0.15) is 0 Å². The Bertz CT molecular complexity index is 858. The van der Waals surface area contributed by atoms with Crippen LogP contribution in [-0.2, 0) is 11.4 Å². The van der Waals surface area contributed by atoms with Crippen LogP contribution in [-0.4, -0.2) is 10.8 Å². The van der Waals surface area contributed by atoms with E-state index in [0.29, 0.717) is 11.5 Å². The van der Waals surface area contributed by atoms with E-state index in [1.807, 2.05) is 67.6 Å². The van der Waals surface area contributed by atoms with Crippen LogP contribution < -0.4 is 5.48 Å². The number of benzene rings is 2. The Kier molecular flexibility index (Phi) is 5.72. The Labute approximate surface area is 150 Å². The molecule has 0 radical (unpaired) electrons. The number of nitrogens with one attached hydrogen (secondary N) is 1. The Morgan fingerprint density at radius 1 is 1.12 bits per heavy atom. The molecule has 0 amide bonds. The SMILES string of the molecule is Cc1nc(-c2ccccc2)sc1C(=O)/C=C/NOCc1ccccc1. The van der Waals surface area contributed by atoms with Crippen LogP contribution in [0, 0.1) is 6.92 Å². The number of hydrogen-bond acceptors (Lipinski definition) is 5. The van der Waals surface area contributed by atoms with Crippen LogP contribution in [0.4, 0.5) is 0 Å². The predicted molar refractivity (Wildman–Crippen MR) is 100 cm³/mol. The minimum absolute atomic E-state index is 0.0898. The van der Waals surface area contributed by atoms with Gasteiger partial charge in [0, 0.05) is 17.8 Å². The second-order valence-corrected chi connectivity index (χ2v) is 6.39. The monoisotopic (exact) mass is 350 g/mol. The van der Waals surface area contributed by atoms with Crippen molar-refractivity contribution in [3.63, 3.8) is 0 Å². The average molecular weight is 350 g/mol. The Morgan fingerprint density at radius 2 is 1.80 bits per heavy atom. The average Bonchev–Trinajstić information content (AvgIpc) is 3.05. The fourth-order valence-corrected chi connectivity index (χ4v) is 3.25. The summed E-state index contributed by atoms with van der Waals surface area (Å²) in [6.45, 7) is 2.28. The Balaban J connectivity index is 1.57. The number of ketones is 1. The molecule has 1 heterocycles. The van der Waals surface area contributed by atoms with Gasteiger partial charge in [0.05, 0.1) is 17.2 Å². The number of thiazole rings is 1. The highest BCUT2D eigenvalue weighted by Gasteiger charge is 2.13. The molecule has 4 nitrogen and oxygen atoms in total. The van der Waals surface area contributed by atoms with Crippen LogP contribution in [0.5, 0.6) is 0 Å². The highest BCUT2D eigenvalue weighted by Crippen LogP contribution is 2.28. The minimum Gasteiger partial charge on any atom is -0.288 e. The Morgan fingerprint density at radius 3 is 2.52 bits per heavy atom. The summed E-state index contributed by atoms with van der Waals surface area (Å²) in [5.41, 5.74) is 5.49. The molecule has 5 heteroatoms. The van der Waals surface area contributed by atoms with E-state index >= 15 is 0 Å². The molecule has 2 aromatic carbocycles. The summed E-state index contributed by atoms with van der Waals surface area (Å²) in [5, 5.41) is 0.850. The summed E-state index contributed by atoms with van der Waals surface area (Å²) >= 11 is 1.40. The first kappa shape index (κ1) is 17.1. The summed E-state index contributed by atoms with van der Waals surface area (Å²) in [6, 6.07) is 19.7. The smallest absolute Gasteiger partial charge is 0.199 e. The molecule has 0 aliphatic rings. The largest absolute Gasteiger partial charge is 0.288 e. The number of rotatable bonds is 7. The molecule has 3 aromatic rings. The molecule has 25 heavy (non-hydrogen) atoms. The number of aromatic nitrogens is 1. The molecule has 0 saturated heterocycles. The van der Waals surface area contributed by atoms with E-state index in [9.17, 15) is 4.79 Å². The highest BCUT2D eigenvalue weighted by molar-refractivity contribution is 7.17. The molecular weight excluding hydrogens is 332 g/mol. The third-order valence-corrected chi connectivity index (χ3v) is 4.73. The summed E-state index contributed by atoms with van der Waals surface area (Å²) in [7, 11) is 0. The van der Waals surface area contributed by atoms with Crippen molar-refractivity contribution >= 4 is 17.1 Å². The van der Waals surface area contributed by atoms with Gasteiger partial charge in [0.25, 0.3) is 0 Å². The van der Waals surface area contributed by atoms with Crippen molar-refractivity contribution in [2.75, 3.05) is 0 Å². The van der Waals surface area contributed by atoms with Gasteiger partial charge in [-0.3, -0.25) is 15.1 Å². The highest BCUT2D eigenvalue weighted by atomic mass is 32.1. The van der Waals surface area contributed by atoms with Gasteiger partial charge in [0.1, 0.15) is 5.01 Å². The van der Waals surface area contributed by atoms with Crippen LogP contribution in [0.15, 0.2) is 72.9 Å². The molecule has 0 saturated carbocycles. The standard InChI is InChI=1S/C20H18N2O2S/c1-15-19(25-20(22-15)17-10-6-3-7-11-17)18(23)12-13-21-24-14-16-8-4-2-5-9-16/h2-13,21H,14H2,1H3/b13-12+. The normalized spacial score (nSPS) is 10.9. The maximum atomic E-state index is 12.3. The molecule has 0 bridgehead atoms. The molecular formula is C20H18N2O2S. The third kappa shape index (κ3) is 4.62. The van der Waals surface area contributed by atoms with Crippen molar-refractivity contribution in [1.29, 1.82) is 0 Å². The maximum Gasteiger partial charge on any atom is 0.199 e. The van der Waals surface area contributed by atoms with Gasteiger partial charge in [-0.25, -0.2) is 4.98 Å². The van der Waals surface area contributed by atoms with Crippen LogP contribution in [0.25, 0.3) is 10.6 Å². The van der Waals surface area contributed by atoms with Gasteiger partial charge in [-0.1, -0.05) is 60.7 Å². The molecule has 3 rings (SSSR count). The summed E-state index contributed by atoms with van der Waals surface area (Å²) in [6.07, 6.45) is 2.97. The molecule has 0 fully saturated rings. The van der Waals surface area contributed by atoms with Gasteiger partial charge in [0.2, 0.25) is 0 Å². The summed E-state index contributed by atoms with van der Waals surface area (Å²) in [4.78, 5) is 22.8. The lowest BCUT2D eigenvalue weighted by Gasteiger charge is -2.02. The summed E-state index contributed by atoms with van der Waals surface area (Å²) < 4.78 is 0. The predicted octanol–water partition coefficient (Wildman–Crippen LogP) is 4.54. The number of carbonyl (C=O) groups is 1. The van der Waals surface area contributed by atoms with Gasteiger partial charge >= 0.3 is 0 Å². The number of carbonyl (C=O) groups excluding carboxylic acids is 1. The van der Waals surface area contributed by atoms with Crippen molar-refractivity contribution in [2.24, 2.45) is 0 Å². The van der Waals surface area contributed by atoms with E-state index in [2.05, 4.69) is 10.5 Å². The number of hydrogen-bond donors (Lipinski definition) is 1. The number of aryl methyl sites for hydroxylation is 1. The molecule has 126 valence electrons. The van der Waals surface area contributed by atoms with E-state index in [-0.39, 0.29) is 5.78 Å². The van der Waals surface area contributed by atoms with Crippen molar-refractivity contribution in [3.05, 3.63) is 89.1 Å². The molecule has 0 aliphatic heterocycles. The second kappa shape index (κ2) is 8.37. The molecule has 0 atom stereocenters. The van der Waals surface area contributed by atoms with Gasteiger partial charge < -0.3 is 0 Å². The lowest BCUT2D eigenvalue weighted by Crippen LogP contribution is -2.07. The molecule has 0 aliphatic carbocycles. The number of allylic oxidation sites excluding steroid dienone is 1. The lowest BCUT2D eigenvalue weighted by molar-refractivity contribution is 0.0572. The van der Waals surface area contributed by atoms with Crippen molar-refractivity contribution in [3.8, 4) is 10.6 Å². The first-order valence-corrected chi connectivity index (χ1v) is 8.70. The van der Waals surface area contributed by atoms with Crippen molar-refractivity contribution in [1.82, 2.24) is 10.5 Å². The zero-order valence-corrected chi connectivity index (χ0v) is 14.6. The van der Waals surface area contributed by atoms with Crippen LogP contribution >= 0.6 is 11.3 Å². The van der Waals surface area contributed by atoms with Gasteiger partial charge in [0.15, 0.2) is 5.78 Å².